The van der Waals surface area contributed by atoms with E-state index >= 15 is 0 Å². The first-order chi connectivity index (χ1) is 6.49. The molecule has 0 aromatic heterocycles. The molecule has 0 fully saturated rings. The van der Waals surface area contributed by atoms with E-state index < -0.39 is 24.5 Å². The van der Waals surface area contributed by atoms with Crippen LogP contribution in [0, 0.1) is 0 Å². The summed E-state index contributed by atoms with van der Waals surface area (Å²) in [7, 11) is 0. The minimum Gasteiger partial charge on any atom is -0.481 e. The number of rotatable bonds is 6. The second kappa shape index (κ2) is 5.93. The maximum atomic E-state index is 10.6. The summed E-state index contributed by atoms with van der Waals surface area (Å²) in [6.07, 6.45) is 0.804. The van der Waals surface area contributed by atoms with Crippen molar-refractivity contribution < 1.29 is 24.9 Å². The van der Waals surface area contributed by atoms with Gasteiger partial charge in [-0.25, -0.2) is 4.79 Å². The van der Waals surface area contributed by atoms with Crippen LogP contribution in [0.3, 0.4) is 0 Å². The summed E-state index contributed by atoms with van der Waals surface area (Å²) in [6.45, 7) is 3.34. The van der Waals surface area contributed by atoms with E-state index in [0.717, 1.165) is 6.08 Å². The zero-order valence-electron chi connectivity index (χ0n) is 7.51. The standard InChI is InChI=1S/C9H12O5/c1-2-3-7(10)6(9(13)14)4-5-8(11)12/h2,4,7,10H,1,3,5H2,(H,11,12)(H,13,14)/b6-4+/t7-/m1/s1. The highest BCUT2D eigenvalue weighted by Gasteiger charge is 2.16. The van der Waals surface area contributed by atoms with Crippen molar-refractivity contribution in [1.82, 2.24) is 0 Å². The Morgan fingerprint density at radius 3 is 2.29 bits per heavy atom. The maximum absolute atomic E-state index is 10.6. The van der Waals surface area contributed by atoms with E-state index in [1.165, 1.54) is 6.08 Å². The van der Waals surface area contributed by atoms with E-state index in [2.05, 4.69) is 6.58 Å². The fourth-order valence-corrected chi connectivity index (χ4v) is 0.848. The molecule has 3 N–H and O–H groups in total. The minimum absolute atomic E-state index is 0.0811. The van der Waals surface area contributed by atoms with Crippen LogP contribution in [0.5, 0.6) is 0 Å². The Bertz CT molecular complexity index is 266. The third kappa shape index (κ3) is 4.42. The zero-order valence-corrected chi connectivity index (χ0v) is 7.51. The largest absolute Gasteiger partial charge is 0.481 e. The van der Waals surface area contributed by atoms with Crippen LogP contribution in [0.4, 0.5) is 0 Å². The van der Waals surface area contributed by atoms with Gasteiger partial charge in [0.25, 0.3) is 0 Å². The van der Waals surface area contributed by atoms with Gasteiger partial charge in [-0.05, 0) is 6.42 Å². The van der Waals surface area contributed by atoms with Gasteiger partial charge in [-0.1, -0.05) is 12.2 Å². The smallest absolute Gasteiger partial charge is 0.333 e. The van der Waals surface area contributed by atoms with Gasteiger partial charge in [0.05, 0.1) is 18.1 Å². The summed E-state index contributed by atoms with van der Waals surface area (Å²) in [6, 6.07) is 0. The van der Waals surface area contributed by atoms with Gasteiger partial charge in [0.15, 0.2) is 0 Å². The number of aliphatic hydroxyl groups excluding tert-OH is 1. The van der Waals surface area contributed by atoms with Crippen molar-refractivity contribution in [2.45, 2.75) is 18.9 Å². The third-order valence-corrected chi connectivity index (χ3v) is 1.49. The lowest BCUT2D eigenvalue weighted by molar-refractivity contribution is -0.136. The lowest BCUT2D eigenvalue weighted by Gasteiger charge is -2.08. The second-order valence-electron chi connectivity index (χ2n) is 2.60. The van der Waals surface area contributed by atoms with Crippen molar-refractivity contribution in [2.24, 2.45) is 0 Å². The zero-order chi connectivity index (χ0) is 11.1. The summed E-state index contributed by atoms with van der Waals surface area (Å²) in [5, 5.41) is 26.2. The number of carboxylic acid groups (broad SMARTS) is 2. The Kier molecular flexibility index (Phi) is 5.24. The molecule has 0 aliphatic carbocycles. The van der Waals surface area contributed by atoms with Crippen LogP contribution in [-0.2, 0) is 9.59 Å². The second-order valence-corrected chi connectivity index (χ2v) is 2.60. The fourth-order valence-electron chi connectivity index (χ4n) is 0.848. The average Bonchev–Trinajstić information content (AvgIpc) is 2.03. The van der Waals surface area contributed by atoms with Crippen molar-refractivity contribution in [1.29, 1.82) is 0 Å². The number of carboxylic acids is 2. The molecule has 0 rings (SSSR count). The number of aliphatic carboxylic acids is 2. The summed E-state index contributed by atoms with van der Waals surface area (Å²) in [5.74, 6) is -2.46. The molecule has 0 bridgehead atoms. The fraction of sp³-hybridized carbons (Fsp3) is 0.333. The predicted molar refractivity (Wildman–Crippen MR) is 48.8 cm³/mol. The van der Waals surface area contributed by atoms with Crippen LogP contribution in [0.15, 0.2) is 24.3 Å². The van der Waals surface area contributed by atoms with E-state index in [4.69, 9.17) is 10.2 Å². The lowest BCUT2D eigenvalue weighted by atomic mass is 10.1. The molecule has 0 saturated carbocycles. The van der Waals surface area contributed by atoms with Crippen LogP contribution in [0.1, 0.15) is 12.8 Å². The van der Waals surface area contributed by atoms with Crippen LogP contribution in [0.2, 0.25) is 0 Å². The van der Waals surface area contributed by atoms with Crippen molar-refractivity contribution >= 4 is 11.9 Å². The van der Waals surface area contributed by atoms with E-state index in [9.17, 15) is 14.7 Å². The molecule has 0 radical (unpaired) electrons. The van der Waals surface area contributed by atoms with Crippen LogP contribution >= 0.6 is 0 Å². The highest BCUT2D eigenvalue weighted by Crippen LogP contribution is 2.08. The van der Waals surface area contributed by atoms with E-state index in [0.29, 0.717) is 0 Å². The third-order valence-electron chi connectivity index (χ3n) is 1.49. The molecular weight excluding hydrogens is 188 g/mol. The van der Waals surface area contributed by atoms with Gasteiger partial charge in [0.1, 0.15) is 0 Å². The SMILES string of the molecule is C=CC[C@@H](O)/C(=C\CC(=O)O)C(=O)O. The highest BCUT2D eigenvalue weighted by atomic mass is 16.4. The Hall–Kier alpha value is -1.62. The molecule has 0 heterocycles. The molecule has 0 aliphatic heterocycles. The number of carbonyl (C=O) groups is 2. The summed E-state index contributed by atoms with van der Waals surface area (Å²) < 4.78 is 0. The van der Waals surface area contributed by atoms with Crippen molar-refractivity contribution in [3.63, 3.8) is 0 Å². The molecule has 0 amide bonds. The Morgan fingerprint density at radius 2 is 1.93 bits per heavy atom. The highest BCUT2D eigenvalue weighted by molar-refractivity contribution is 5.88. The Labute approximate surface area is 81.0 Å². The van der Waals surface area contributed by atoms with Gasteiger partial charge in [0.2, 0.25) is 0 Å². The van der Waals surface area contributed by atoms with Crippen LogP contribution in [0.25, 0.3) is 0 Å². The summed E-state index contributed by atoms with van der Waals surface area (Å²) >= 11 is 0. The average molecular weight is 200 g/mol. The Balaban J connectivity index is 4.57. The van der Waals surface area contributed by atoms with Gasteiger partial charge in [-0.2, -0.15) is 0 Å². The topological polar surface area (TPSA) is 94.8 Å². The molecule has 14 heavy (non-hydrogen) atoms. The summed E-state index contributed by atoms with van der Waals surface area (Å²) in [4.78, 5) is 20.7. The van der Waals surface area contributed by atoms with Gasteiger partial charge in [-0.3, -0.25) is 4.79 Å². The lowest BCUT2D eigenvalue weighted by Crippen LogP contribution is -2.17. The first-order valence-corrected chi connectivity index (χ1v) is 3.93. The number of hydrogen-bond donors (Lipinski definition) is 3. The van der Waals surface area contributed by atoms with Crippen molar-refractivity contribution in [2.75, 3.05) is 0 Å². The molecule has 5 heteroatoms. The van der Waals surface area contributed by atoms with E-state index in [1.807, 2.05) is 0 Å². The molecule has 0 saturated heterocycles. The Morgan fingerprint density at radius 1 is 1.36 bits per heavy atom. The maximum Gasteiger partial charge on any atom is 0.333 e. The number of hydrogen-bond acceptors (Lipinski definition) is 3. The summed E-state index contributed by atoms with van der Waals surface area (Å²) in [5.41, 5.74) is -0.313. The molecule has 78 valence electrons. The quantitative estimate of drug-likeness (QED) is 0.426. The molecule has 0 aliphatic rings. The molecule has 0 aromatic carbocycles. The molecule has 0 spiro atoms. The van der Waals surface area contributed by atoms with Gasteiger partial charge in [0, 0.05) is 0 Å². The molecule has 1 atom stereocenters. The first kappa shape index (κ1) is 12.4. The van der Waals surface area contributed by atoms with Crippen molar-refractivity contribution in [3.8, 4) is 0 Å². The first-order valence-electron chi connectivity index (χ1n) is 3.93. The van der Waals surface area contributed by atoms with Crippen LogP contribution in [-0.4, -0.2) is 33.4 Å². The van der Waals surface area contributed by atoms with Crippen molar-refractivity contribution in [3.05, 3.63) is 24.3 Å². The van der Waals surface area contributed by atoms with E-state index in [1.54, 1.807) is 0 Å². The molecule has 5 nitrogen and oxygen atoms in total. The molecule has 0 aromatic rings. The molecular formula is C9H12O5. The predicted octanol–water partition coefficient (Wildman–Crippen LogP) is 0.409. The monoisotopic (exact) mass is 200 g/mol. The minimum atomic E-state index is -1.32. The van der Waals surface area contributed by atoms with Gasteiger partial charge < -0.3 is 15.3 Å². The van der Waals surface area contributed by atoms with Gasteiger partial charge in [-0.15, -0.1) is 6.58 Å². The van der Waals surface area contributed by atoms with E-state index in [-0.39, 0.29) is 12.0 Å². The van der Waals surface area contributed by atoms with Crippen LogP contribution < -0.4 is 0 Å². The normalized spacial score (nSPS) is 13.4. The number of aliphatic hydroxyl groups is 1. The van der Waals surface area contributed by atoms with Gasteiger partial charge >= 0.3 is 11.9 Å². The molecule has 0 unspecified atom stereocenters.